The smallest absolute Gasteiger partial charge is 0.148 e. The van der Waals surface area contributed by atoms with E-state index in [-0.39, 0.29) is 0 Å². The summed E-state index contributed by atoms with van der Waals surface area (Å²) in [6.07, 6.45) is 9.61. The Labute approximate surface area is 130 Å². The molecular formula is C15H25BrN4. The summed E-state index contributed by atoms with van der Waals surface area (Å²) in [6.45, 7) is 4.17. The lowest BCUT2D eigenvalue weighted by molar-refractivity contribution is 0.361. The van der Waals surface area contributed by atoms with E-state index < -0.39 is 0 Å². The van der Waals surface area contributed by atoms with Crippen LogP contribution < -0.4 is 10.2 Å². The highest BCUT2D eigenvalue weighted by atomic mass is 79.9. The molecule has 1 aromatic rings. The normalized spacial score (nSPS) is 16.1. The molecule has 20 heavy (non-hydrogen) atoms. The number of aromatic nitrogens is 2. The van der Waals surface area contributed by atoms with Crippen LogP contribution in [0.15, 0.2) is 10.8 Å². The zero-order valence-electron chi connectivity index (χ0n) is 12.5. The van der Waals surface area contributed by atoms with Crippen LogP contribution >= 0.6 is 15.9 Å². The molecule has 0 bridgehead atoms. The van der Waals surface area contributed by atoms with Gasteiger partial charge < -0.3 is 10.2 Å². The average Bonchev–Trinajstić information content (AvgIpc) is 2.47. The minimum absolute atomic E-state index is 0.808. The van der Waals surface area contributed by atoms with Gasteiger partial charge in [-0.15, -0.1) is 0 Å². The topological polar surface area (TPSA) is 41.1 Å². The number of hydrogen-bond donors (Lipinski definition) is 1. The third kappa shape index (κ3) is 4.08. The van der Waals surface area contributed by atoms with Crippen molar-refractivity contribution in [1.29, 1.82) is 0 Å². The summed E-state index contributed by atoms with van der Waals surface area (Å²) in [4.78, 5) is 11.0. The third-order valence-corrected chi connectivity index (χ3v) is 4.66. The maximum Gasteiger partial charge on any atom is 0.148 e. The van der Waals surface area contributed by atoms with E-state index in [0.29, 0.717) is 0 Å². The molecule has 1 fully saturated rings. The van der Waals surface area contributed by atoms with Crippen molar-refractivity contribution in [2.24, 2.45) is 5.92 Å². The van der Waals surface area contributed by atoms with Gasteiger partial charge in [0.05, 0.1) is 0 Å². The fourth-order valence-corrected chi connectivity index (χ4v) is 3.48. The van der Waals surface area contributed by atoms with Crippen LogP contribution in [0.3, 0.4) is 0 Å². The van der Waals surface area contributed by atoms with Crippen molar-refractivity contribution in [3.05, 3.63) is 10.8 Å². The predicted molar refractivity (Wildman–Crippen MR) is 88.4 cm³/mol. The Morgan fingerprint density at radius 2 is 2.05 bits per heavy atom. The van der Waals surface area contributed by atoms with E-state index in [0.717, 1.165) is 41.5 Å². The van der Waals surface area contributed by atoms with E-state index in [1.54, 1.807) is 6.33 Å². The quantitative estimate of drug-likeness (QED) is 0.847. The molecule has 1 N–H and O–H groups in total. The fourth-order valence-electron chi connectivity index (χ4n) is 2.84. The van der Waals surface area contributed by atoms with Crippen molar-refractivity contribution in [2.45, 2.75) is 45.4 Å². The molecular weight excluding hydrogens is 316 g/mol. The molecule has 5 heteroatoms. The van der Waals surface area contributed by atoms with Gasteiger partial charge in [0, 0.05) is 20.1 Å². The van der Waals surface area contributed by atoms with Crippen LogP contribution in [0.4, 0.5) is 11.6 Å². The standard InChI is InChI=1S/C15H25BrN4/c1-3-9-17-14-13(16)15(19-11-18-14)20(2)10-12-7-5-4-6-8-12/h11-12H,3-10H2,1-2H3,(H,17,18,19). The van der Waals surface area contributed by atoms with Crippen LogP contribution in [0.1, 0.15) is 45.4 Å². The van der Waals surface area contributed by atoms with Gasteiger partial charge in [-0.3, -0.25) is 0 Å². The lowest BCUT2D eigenvalue weighted by Gasteiger charge is -2.28. The first-order valence-corrected chi connectivity index (χ1v) is 8.47. The van der Waals surface area contributed by atoms with Crippen molar-refractivity contribution in [1.82, 2.24) is 9.97 Å². The molecule has 0 unspecified atom stereocenters. The Balaban J connectivity index is 2.02. The first-order valence-electron chi connectivity index (χ1n) is 7.68. The molecule has 2 rings (SSSR count). The van der Waals surface area contributed by atoms with Gasteiger partial charge in [0.25, 0.3) is 0 Å². The summed E-state index contributed by atoms with van der Waals surface area (Å²) in [5.41, 5.74) is 0. The van der Waals surface area contributed by atoms with E-state index >= 15 is 0 Å². The summed E-state index contributed by atoms with van der Waals surface area (Å²) >= 11 is 3.65. The summed E-state index contributed by atoms with van der Waals surface area (Å²) in [7, 11) is 2.13. The van der Waals surface area contributed by atoms with Crippen molar-refractivity contribution in [3.8, 4) is 0 Å². The Hall–Kier alpha value is -0.840. The molecule has 1 aliphatic rings. The van der Waals surface area contributed by atoms with Crippen LogP contribution in [-0.4, -0.2) is 30.1 Å². The van der Waals surface area contributed by atoms with Crippen LogP contribution in [0.25, 0.3) is 0 Å². The maximum atomic E-state index is 4.44. The fraction of sp³-hybridized carbons (Fsp3) is 0.733. The van der Waals surface area contributed by atoms with Crippen molar-refractivity contribution in [2.75, 3.05) is 30.4 Å². The van der Waals surface area contributed by atoms with Crippen molar-refractivity contribution >= 4 is 27.6 Å². The first-order chi connectivity index (χ1) is 9.72. The Morgan fingerprint density at radius 1 is 1.30 bits per heavy atom. The number of anilines is 2. The van der Waals surface area contributed by atoms with Crippen molar-refractivity contribution < 1.29 is 0 Å². The van der Waals surface area contributed by atoms with E-state index in [1.807, 2.05) is 0 Å². The molecule has 0 aromatic carbocycles. The zero-order chi connectivity index (χ0) is 14.4. The minimum atomic E-state index is 0.808. The first kappa shape index (κ1) is 15.5. The van der Waals surface area contributed by atoms with Gasteiger partial charge in [-0.25, -0.2) is 9.97 Å². The second-order valence-corrected chi connectivity index (χ2v) is 6.46. The molecule has 1 aromatic heterocycles. The number of halogens is 1. The molecule has 0 atom stereocenters. The van der Waals surface area contributed by atoms with Gasteiger partial charge in [0.2, 0.25) is 0 Å². The number of nitrogens with zero attached hydrogens (tertiary/aromatic N) is 3. The van der Waals surface area contributed by atoms with Gasteiger partial charge in [-0.05, 0) is 41.1 Å². The van der Waals surface area contributed by atoms with Crippen LogP contribution in [0.2, 0.25) is 0 Å². The summed E-state index contributed by atoms with van der Waals surface area (Å²) < 4.78 is 0.978. The summed E-state index contributed by atoms with van der Waals surface area (Å²) in [5.74, 6) is 2.69. The average molecular weight is 341 g/mol. The minimum Gasteiger partial charge on any atom is -0.369 e. The Bertz CT molecular complexity index is 418. The molecule has 1 aliphatic carbocycles. The lowest BCUT2D eigenvalue weighted by Crippen LogP contribution is -2.28. The Morgan fingerprint density at radius 3 is 2.75 bits per heavy atom. The second-order valence-electron chi connectivity index (χ2n) is 5.67. The molecule has 0 amide bonds. The number of rotatable bonds is 6. The molecule has 0 saturated heterocycles. The van der Waals surface area contributed by atoms with E-state index in [2.05, 4.69) is 50.1 Å². The monoisotopic (exact) mass is 340 g/mol. The van der Waals surface area contributed by atoms with E-state index in [9.17, 15) is 0 Å². The van der Waals surface area contributed by atoms with E-state index in [4.69, 9.17) is 0 Å². The van der Waals surface area contributed by atoms with Gasteiger partial charge in [-0.1, -0.05) is 26.2 Å². The lowest BCUT2D eigenvalue weighted by atomic mass is 9.89. The SMILES string of the molecule is CCCNc1ncnc(N(C)CC2CCCCC2)c1Br. The number of hydrogen-bond acceptors (Lipinski definition) is 4. The second kappa shape index (κ2) is 7.81. The zero-order valence-corrected chi connectivity index (χ0v) is 14.1. The van der Waals surface area contributed by atoms with Crippen LogP contribution in [0.5, 0.6) is 0 Å². The predicted octanol–water partition coefficient (Wildman–Crippen LogP) is 4.08. The Kier molecular flexibility index (Phi) is 6.07. The summed E-state index contributed by atoms with van der Waals surface area (Å²) in [5, 5.41) is 3.34. The van der Waals surface area contributed by atoms with E-state index in [1.165, 1.54) is 32.1 Å². The third-order valence-electron chi connectivity index (χ3n) is 3.93. The number of nitrogens with one attached hydrogen (secondary N) is 1. The largest absolute Gasteiger partial charge is 0.369 e. The molecule has 0 radical (unpaired) electrons. The molecule has 1 saturated carbocycles. The molecule has 1 heterocycles. The van der Waals surface area contributed by atoms with Gasteiger partial charge in [0.1, 0.15) is 22.4 Å². The molecule has 112 valence electrons. The highest BCUT2D eigenvalue weighted by Gasteiger charge is 2.18. The van der Waals surface area contributed by atoms with Gasteiger partial charge >= 0.3 is 0 Å². The molecule has 4 nitrogen and oxygen atoms in total. The van der Waals surface area contributed by atoms with Crippen LogP contribution in [0, 0.1) is 5.92 Å². The van der Waals surface area contributed by atoms with Crippen molar-refractivity contribution in [3.63, 3.8) is 0 Å². The van der Waals surface area contributed by atoms with Crippen LogP contribution in [-0.2, 0) is 0 Å². The highest BCUT2D eigenvalue weighted by Crippen LogP contribution is 2.31. The maximum absolute atomic E-state index is 4.44. The van der Waals surface area contributed by atoms with Gasteiger partial charge in [-0.2, -0.15) is 0 Å². The van der Waals surface area contributed by atoms with Gasteiger partial charge in [0.15, 0.2) is 0 Å². The highest BCUT2D eigenvalue weighted by molar-refractivity contribution is 9.10. The summed E-state index contributed by atoms with van der Waals surface area (Å²) in [6, 6.07) is 0. The molecule has 0 aliphatic heterocycles. The molecule has 0 spiro atoms.